The van der Waals surface area contributed by atoms with Gasteiger partial charge < -0.3 is 23.8 Å². The van der Waals surface area contributed by atoms with Crippen LogP contribution in [0.25, 0.3) is 0 Å². The topological polar surface area (TPSA) is 81.0 Å². The van der Waals surface area contributed by atoms with Crippen molar-refractivity contribution in [3.63, 3.8) is 0 Å². The van der Waals surface area contributed by atoms with E-state index in [4.69, 9.17) is 24.2 Å². The average molecular weight is 410 g/mol. The van der Waals surface area contributed by atoms with Crippen LogP contribution in [0.2, 0.25) is 0 Å². The molecule has 0 bridgehead atoms. The minimum absolute atomic E-state index is 0.0214. The summed E-state index contributed by atoms with van der Waals surface area (Å²) in [4.78, 5) is 14.8. The van der Waals surface area contributed by atoms with Gasteiger partial charge in [-0.3, -0.25) is 4.79 Å². The van der Waals surface area contributed by atoms with Crippen molar-refractivity contribution in [2.75, 3.05) is 34.0 Å². The van der Waals surface area contributed by atoms with Crippen molar-refractivity contribution in [2.45, 2.75) is 25.5 Å². The molecule has 30 heavy (non-hydrogen) atoms. The number of para-hydroxylation sites is 1. The molecule has 1 aliphatic heterocycles. The molecule has 0 radical (unpaired) electrons. The number of nitrogens with zero attached hydrogens (tertiary/aromatic N) is 2. The lowest BCUT2D eigenvalue weighted by Gasteiger charge is -2.26. The summed E-state index contributed by atoms with van der Waals surface area (Å²) in [6, 6.07) is 14.5. The van der Waals surface area contributed by atoms with Crippen LogP contribution < -0.4 is 14.2 Å². The van der Waals surface area contributed by atoms with Gasteiger partial charge in [-0.05, 0) is 31.0 Å². The van der Waals surface area contributed by atoms with Crippen molar-refractivity contribution in [1.82, 2.24) is 4.90 Å². The normalized spacial score (nSPS) is 15.3. The number of amides is 1. The molecule has 0 spiro atoms. The molecular weight excluding hydrogens is 384 g/mol. The summed E-state index contributed by atoms with van der Waals surface area (Å²) in [7, 11) is 3.11. The number of rotatable bonds is 9. The summed E-state index contributed by atoms with van der Waals surface area (Å²) in [6.45, 7) is 1.46. The number of hydrogen-bond donors (Lipinski definition) is 0. The Balaban J connectivity index is 1.72. The molecule has 1 saturated heterocycles. The molecule has 0 N–H and O–H groups in total. The van der Waals surface area contributed by atoms with Gasteiger partial charge in [-0.15, -0.1) is 0 Å². The predicted octanol–water partition coefficient (Wildman–Crippen LogP) is 3.16. The van der Waals surface area contributed by atoms with E-state index in [1.807, 2.05) is 24.3 Å². The summed E-state index contributed by atoms with van der Waals surface area (Å²) in [5, 5.41) is 9.03. The van der Waals surface area contributed by atoms with E-state index in [0.29, 0.717) is 30.2 Å². The summed E-state index contributed by atoms with van der Waals surface area (Å²) < 4.78 is 22.2. The highest BCUT2D eigenvalue weighted by atomic mass is 16.5. The summed E-state index contributed by atoms with van der Waals surface area (Å²) >= 11 is 0. The number of benzene rings is 2. The molecule has 0 aliphatic carbocycles. The Morgan fingerprint density at radius 3 is 2.67 bits per heavy atom. The highest BCUT2D eigenvalue weighted by Crippen LogP contribution is 2.28. The van der Waals surface area contributed by atoms with Gasteiger partial charge >= 0.3 is 0 Å². The van der Waals surface area contributed by atoms with E-state index in [1.54, 1.807) is 30.2 Å². The van der Waals surface area contributed by atoms with Gasteiger partial charge in [0.15, 0.2) is 18.1 Å². The Kier molecular flexibility index (Phi) is 7.52. The van der Waals surface area contributed by atoms with Crippen LogP contribution in [0.1, 0.15) is 24.0 Å². The zero-order valence-electron chi connectivity index (χ0n) is 17.3. The summed E-state index contributed by atoms with van der Waals surface area (Å²) in [6.07, 6.45) is 1.95. The highest BCUT2D eigenvalue weighted by molar-refractivity contribution is 5.78. The molecule has 3 rings (SSSR count). The maximum atomic E-state index is 13.0. The van der Waals surface area contributed by atoms with Gasteiger partial charge in [0.05, 0.1) is 32.0 Å². The van der Waals surface area contributed by atoms with Gasteiger partial charge in [0, 0.05) is 31.3 Å². The van der Waals surface area contributed by atoms with Crippen molar-refractivity contribution in [2.24, 2.45) is 0 Å². The first kappa shape index (κ1) is 21.5. The van der Waals surface area contributed by atoms with E-state index in [-0.39, 0.29) is 18.6 Å². The molecular formula is C23H26N2O5. The van der Waals surface area contributed by atoms with E-state index >= 15 is 0 Å². The van der Waals surface area contributed by atoms with E-state index in [9.17, 15) is 4.79 Å². The Labute approximate surface area is 176 Å². The largest absolute Gasteiger partial charge is 0.496 e. The second kappa shape index (κ2) is 10.5. The van der Waals surface area contributed by atoms with Crippen molar-refractivity contribution in [1.29, 1.82) is 5.26 Å². The number of methoxy groups -OCH3 is 2. The van der Waals surface area contributed by atoms with Gasteiger partial charge in [-0.25, -0.2) is 0 Å². The van der Waals surface area contributed by atoms with Crippen LogP contribution in [0.4, 0.5) is 0 Å². The van der Waals surface area contributed by atoms with E-state index in [0.717, 1.165) is 30.8 Å². The van der Waals surface area contributed by atoms with Gasteiger partial charge in [0.25, 0.3) is 5.91 Å². The van der Waals surface area contributed by atoms with Crippen LogP contribution in [-0.2, 0) is 16.1 Å². The smallest absolute Gasteiger partial charge is 0.260 e. The van der Waals surface area contributed by atoms with Crippen molar-refractivity contribution in [3.05, 3.63) is 53.6 Å². The highest BCUT2D eigenvalue weighted by Gasteiger charge is 2.24. The van der Waals surface area contributed by atoms with Gasteiger partial charge in [-0.1, -0.05) is 18.2 Å². The molecule has 1 fully saturated rings. The van der Waals surface area contributed by atoms with Crippen LogP contribution in [0, 0.1) is 11.3 Å². The van der Waals surface area contributed by atoms with Crippen LogP contribution in [0.5, 0.6) is 17.2 Å². The van der Waals surface area contributed by atoms with Crippen molar-refractivity contribution < 1.29 is 23.7 Å². The van der Waals surface area contributed by atoms with E-state index < -0.39 is 0 Å². The predicted molar refractivity (Wildman–Crippen MR) is 111 cm³/mol. The van der Waals surface area contributed by atoms with Crippen molar-refractivity contribution in [3.8, 4) is 23.3 Å². The van der Waals surface area contributed by atoms with Gasteiger partial charge in [0.1, 0.15) is 5.75 Å². The second-order valence-corrected chi connectivity index (χ2v) is 6.99. The fourth-order valence-corrected chi connectivity index (χ4v) is 3.42. The Bertz CT molecular complexity index is 903. The Hall–Kier alpha value is -3.24. The number of carbonyl (C=O) groups excluding carboxylic acids is 1. The average Bonchev–Trinajstić information content (AvgIpc) is 3.30. The third kappa shape index (κ3) is 5.43. The minimum Gasteiger partial charge on any atom is -0.496 e. The lowest BCUT2D eigenvalue weighted by Crippen LogP contribution is -2.39. The third-order valence-electron chi connectivity index (χ3n) is 5.00. The molecule has 1 heterocycles. The SMILES string of the molecule is COc1ccccc1CN(CC1CCCO1)C(=O)COc1ccc(C#N)cc1OC. The standard InChI is InChI=1S/C23H26N2O5/c1-27-20-8-4-3-6-18(20)14-25(15-19-7-5-11-29-19)23(26)16-30-21-10-9-17(13-24)12-22(21)28-2/h3-4,6,8-10,12,19H,5,7,11,14-16H2,1-2H3. The quantitative estimate of drug-likeness (QED) is 0.632. The minimum atomic E-state index is -0.164. The second-order valence-electron chi connectivity index (χ2n) is 6.99. The molecule has 7 heteroatoms. The molecule has 0 saturated carbocycles. The molecule has 1 atom stereocenters. The monoisotopic (exact) mass is 410 g/mol. The fraction of sp³-hybridized carbons (Fsp3) is 0.391. The first-order chi connectivity index (χ1) is 14.6. The third-order valence-corrected chi connectivity index (χ3v) is 5.00. The zero-order chi connectivity index (χ0) is 21.3. The van der Waals surface area contributed by atoms with Gasteiger partial charge in [-0.2, -0.15) is 5.26 Å². The molecule has 1 amide bonds. The van der Waals surface area contributed by atoms with E-state index in [1.165, 1.54) is 7.11 Å². The first-order valence-electron chi connectivity index (χ1n) is 9.86. The Morgan fingerprint density at radius 1 is 1.17 bits per heavy atom. The number of carbonyl (C=O) groups is 1. The summed E-state index contributed by atoms with van der Waals surface area (Å²) in [5.41, 5.74) is 1.38. The molecule has 1 unspecified atom stereocenters. The Morgan fingerprint density at radius 2 is 1.97 bits per heavy atom. The maximum Gasteiger partial charge on any atom is 0.260 e. The lowest BCUT2D eigenvalue weighted by molar-refractivity contribution is -0.135. The van der Waals surface area contributed by atoms with Crippen LogP contribution in [-0.4, -0.2) is 50.9 Å². The van der Waals surface area contributed by atoms with Crippen LogP contribution >= 0.6 is 0 Å². The fourth-order valence-electron chi connectivity index (χ4n) is 3.42. The lowest BCUT2D eigenvalue weighted by atomic mass is 10.1. The van der Waals surface area contributed by atoms with E-state index in [2.05, 4.69) is 6.07 Å². The molecule has 0 aromatic heterocycles. The molecule has 2 aromatic carbocycles. The van der Waals surface area contributed by atoms with Crippen molar-refractivity contribution >= 4 is 5.91 Å². The molecule has 2 aromatic rings. The maximum absolute atomic E-state index is 13.0. The molecule has 7 nitrogen and oxygen atoms in total. The summed E-state index contributed by atoms with van der Waals surface area (Å²) in [5.74, 6) is 1.40. The number of ether oxygens (including phenoxy) is 4. The molecule has 1 aliphatic rings. The molecule has 158 valence electrons. The first-order valence-corrected chi connectivity index (χ1v) is 9.86. The van der Waals surface area contributed by atoms with Gasteiger partial charge in [0.2, 0.25) is 0 Å². The van der Waals surface area contributed by atoms with Crippen LogP contribution in [0.15, 0.2) is 42.5 Å². The zero-order valence-corrected chi connectivity index (χ0v) is 17.3. The number of nitriles is 1. The van der Waals surface area contributed by atoms with Crippen LogP contribution in [0.3, 0.4) is 0 Å². The number of hydrogen-bond acceptors (Lipinski definition) is 6.